The Kier molecular flexibility index (Phi) is 4.49. The molecule has 1 aromatic heterocycles. The molecule has 0 aromatic carbocycles. The maximum Gasteiger partial charge on any atom is 0.410 e. The van der Waals surface area contributed by atoms with Gasteiger partial charge >= 0.3 is 6.09 Å². The smallest absolute Gasteiger partial charge is 0.410 e. The third kappa shape index (κ3) is 3.61. The largest absolute Gasteiger partial charge is 0.469 e. The summed E-state index contributed by atoms with van der Waals surface area (Å²) in [5, 5.41) is 0. The first kappa shape index (κ1) is 16.4. The van der Waals surface area contributed by atoms with Crippen molar-refractivity contribution in [3.8, 4) is 0 Å². The summed E-state index contributed by atoms with van der Waals surface area (Å²) in [5.74, 6) is 0.564. The van der Waals surface area contributed by atoms with Gasteiger partial charge < -0.3 is 19.0 Å². The van der Waals surface area contributed by atoms with E-state index in [1.807, 2.05) is 27.7 Å². The van der Waals surface area contributed by atoms with Gasteiger partial charge in [0.25, 0.3) is 5.91 Å². The molecule has 1 aromatic rings. The molecule has 2 rings (SSSR count). The molecule has 22 heavy (non-hydrogen) atoms. The Hall–Kier alpha value is -1.98. The summed E-state index contributed by atoms with van der Waals surface area (Å²) in [4.78, 5) is 28.1. The molecule has 1 saturated heterocycles. The van der Waals surface area contributed by atoms with E-state index in [0.717, 1.165) is 0 Å². The third-order valence-electron chi connectivity index (χ3n) is 3.63. The molecule has 0 N–H and O–H groups in total. The number of piperazine rings is 1. The summed E-state index contributed by atoms with van der Waals surface area (Å²) in [6, 6.07) is 1.62. The Morgan fingerprint density at radius 3 is 2.50 bits per heavy atom. The van der Waals surface area contributed by atoms with Crippen LogP contribution in [0.2, 0.25) is 0 Å². The first-order valence-corrected chi connectivity index (χ1v) is 7.52. The van der Waals surface area contributed by atoms with E-state index in [1.54, 1.807) is 22.8 Å². The molecule has 1 aliphatic heterocycles. The fraction of sp³-hybridized carbons (Fsp3) is 0.625. The average Bonchev–Trinajstić information content (AvgIpc) is 2.82. The number of rotatable bonds is 1. The van der Waals surface area contributed by atoms with E-state index in [-0.39, 0.29) is 18.0 Å². The minimum Gasteiger partial charge on any atom is -0.469 e. The van der Waals surface area contributed by atoms with Crippen LogP contribution in [-0.4, -0.2) is 53.1 Å². The summed E-state index contributed by atoms with van der Waals surface area (Å²) < 4.78 is 10.6. The van der Waals surface area contributed by atoms with E-state index < -0.39 is 5.60 Å². The van der Waals surface area contributed by atoms with E-state index in [4.69, 9.17) is 9.15 Å². The lowest BCUT2D eigenvalue weighted by Crippen LogP contribution is -2.56. The number of nitrogens with zero attached hydrogens (tertiary/aromatic N) is 2. The number of hydrogen-bond acceptors (Lipinski definition) is 4. The van der Waals surface area contributed by atoms with Crippen LogP contribution in [0.15, 0.2) is 16.7 Å². The standard InChI is InChI=1S/C16H24N2O4/c1-11-10-17(15(20)22-16(3,4)5)7-8-18(11)14(19)13-6-9-21-12(13)2/h6,9,11H,7-8,10H2,1-5H3/t11-/m0/s1. The Morgan fingerprint density at radius 1 is 1.32 bits per heavy atom. The van der Waals surface area contributed by atoms with Crippen LogP contribution in [0.1, 0.15) is 43.8 Å². The number of amides is 2. The number of carbonyl (C=O) groups excluding carboxylic acids is 2. The van der Waals surface area contributed by atoms with Crippen molar-refractivity contribution in [3.05, 3.63) is 23.7 Å². The van der Waals surface area contributed by atoms with Crippen LogP contribution < -0.4 is 0 Å². The number of furan rings is 1. The number of ether oxygens (including phenoxy) is 1. The number of aryl methyl sites for hydroxylation is 1. The van der Waals surface area contributed by atoms with Crippen LogP contribution in [0.5, 0.6) is 0 Å². The van der Waals surface area contributed by atoms with Crippen molar-refractivity contribution >= 4 is 12.0 Å². The van der Waals surface area contributed by atoms with Gasteiger partial charge in [-0.3, -0.25) is 4.79 Å². The van der Waals surface area contributed by atoms with Crippen LogP contribution in [0.3, 0.4) is 0 Å². The van der Waals surface area contributed by atoms with Crippen molar-refractivity contribution in [2.75, 3.05) is 19.6 Å². The molecule has 0 unspecified atom stereocenters. The molecule has 0 bridgehead atoms. The minimum absolute atomic E-state index is 0.0532. The van der Waals surface area contributed by atoms with Gasteiger partial charge in [-0.05, 0) is 40.7 Å². The molecule has 0 radical (unpaired) electrons. The van der Waals surface area contributed by atoms with Crippen LogP contribution in [0, 0.1) is 6.92 Å². The Bertz CT molecular complexity index is 559. The molecule has 2 heterocycles. The molecule has 122 valence electrons. The van der Waals surface area contributed by atoms with Gasteiger partial charge in [0.2, 0.25) is 0 Å². The van der Waals surface area contributed by atoms with Crippen LogP contribution in [-0.2, 0) is 4.74 Å². The van der Waals surface area contributed by atoms with E-state index in [1.165, 1.54) is 6.26 Å². The van der Waals surface area contributed by atoms with Crippen molar-refractivity contribution in [2.24, 2.45) is 0 Å². The van der Waals surface area contributed by atoms with Crippen LogP contribution >= 0.6 is 0 Å². The lowest BCUT2D eigenvalue weighted by molar-refractivity contribution is 0.00613. The highest BCUT2D eigenvalue weighted by Gasteiger charge is 2.33. The SMILES string of the molecule is Cc1occc1C(=O)N1CCN(C(=O)OC(C)(C)C)C[C@@H]1C. The zero-order chi connectivity index (χ0) is 16.5. The topological polar surface area (TPSA) is 63.0 Å². The number of carbonyl (C=O) groups is 2. The minimum atomic E-state index is -0.513. The molecule has 0 spiro atoms. The highest BCUT2D eigenvalue weighted by molar-refractivity contribution is 5.95. The monoisotopic (exact) mass is 308 g/mol. The highest BCUT2D eigenvalue weighted by atomic mass is 16.6. The van der Waals surface area contributed by atoms with Gasteiger partial charge in [0, 0.05) is 25.7 Å². The van der Waals surface area contributed by atoms with Gasteiger partial charge in [-0.2, -0.15) is 0 Å². The molecule has 1 fully saturated rings. The van der Waals surface area contributed by atoms with E-state index >= 15 is 0 Å². The highest BCUT2D eigenvalue weighted by Crippen LogP contribution is 2.19. The fourth-order valence-electron chi connectivity index (χ4n) is 2.51. The first-order valence-electron chi connectivity index (χ1n) is 7.52. The predicted molar refractivity (Wildman–Crippen MR) is 81.8 cm³/mol. The first-order chi connectivity index (χ1) is 10.2. The van der Waals surface area contributed by atoms with Gasteiger partial charge in [0.1, 0.15) is 11.4 Å². The zero-order valence-corrected chi connectivity index (χ0v) is 13.9. The van der Waals surface area contributed by atoms with Crippen molar-refractivity contribution in [3.63, 3.8) is 0 Å². The molecular formula is C16H24N2O4. The lowest BCUT2D eigenvalue weighted by atomic mass is 10.1. The molecule has 1 atom stereocenters. The van der Waals surface area contributed by atoms with Crippen molar-refractivity contribution in [1.82, 2.24) is 9.80 Å². The molecule has 1 aliphatic rings. The zero-order valence-electron chi connectivity index (χ0n) is 13.9. The second kappa shape index (κ2) is 6.02. The molecule has 2 amide bonds. The maximum atomic E-state index is 12.5. The summed E-state index contributed by atoms with van der Waals surface area (Å²) in [5.41, 5.74) is 0.0684. The molecule has 6 nitrogen and oxygen atoms in total. The van der Waals surface area contributed by atoms with Crippen molar-refractivity contribution in [2.45, 2.75) is 46.3 Å². The Labute approximate surface area is 131 Å². The van der Waals surface area contributed by atoms with Crippen LogP contribution in [0.4, 0.5) is 4.79 Å². The quantitative estimate of drug-likeness (QED) is 0.800. The normalized spacial score (nSPS) is 19.2. The predicted octanol–water partition coefficient (Wildman–Crippen LogP) is 2.67. The molecule has 0 saturated carbocycles. The second-order valence-corrected chi connectivity index (χ2v) is 6.66. The van der Waals surface area contributed by atoms with E-state index in [2.05, 4.69) is 0 Å². The van der Waals surface area contributed by atoms with Gasteiger partial charge in [0.05, 0.1) is 11.8 Å². The summed E-state index contributed by atoms with van der Waals surface area (Å²) >= 11 is 0. The third-order valence-corrected chi connectivity index (χ3v) is 3.63. The average molecular weight is 308 g/mol. The second-order valence-electron chi connectivity index (χ2n) is 6.66. The Balaban J connectivity index is 2.00. The fourth-order valence-corrected chi connectivity index (χ4v) is 2.51. The summed E-state index contributed by atoms with van der Waals surface area (Å²) in [6.45, 7) is 10.7. The van der Waals surface area contributed by atoms with Gasteiger partial charge in [0.15, 0.2) is 0 Å². The molecular weight excluding hydrogens is 284 g/mol. The van der Waals surface area contributed by atoms with Crippen LogP contribution in [0.25, 0.3) is 0 Å². The van der Waals surface area contributed by atoms with Gasteiger partial charge in [-0.25, -0.2) is 4.79 Å². The van der Waals surface area contributed by atoms with Gasteiger partial charge in [-0.15, -0.1) is 0 Å². The van der Waals surface area contributed by atoms with E-state index in [9.17, 15) is 9.59 Å². The molecule has 6 heteroatoms. The molecule has 0 aliphatic carbocycles. The van der Waals surface area contributed by atoms with E-state index in [0.29, 0.717) is 31.0 Å². The van der Waals surface area contributed by atoms with Gasteiger partial charge in [-0.1, -0.05) is 0 Å². The number of hydrogen-bond donors (Lipinski definition) is 0. The van der Waals surface area contributed by atoms with Crippen molar-refractivity contribution < 1.29 is 18.7 Å². The summed E-state index contributed by atoms with van der Waals surface area (Å²) in [6.07, 6.45) is 1.19. The lowest BCUT2D eigenvalue weighted by Gasteiger charge is -2.40. The maximum absolute atomic E-state index is 12.5. The summed E-state index contributed by atoms with van der Waals surface area (Å²) in [7, 11) is 0. The van der Waals surface area contributed by atoms with Crippen molar-refractivity contribution in [1.29, 1.82) is 0 Å². The Morgan fingerprint density at radius 2 is 2.00 bits per heavy atom.